The lowest BCUT2D eigenvalue weighted by Crippen LogP contribution is -2.61. The molecule has 0 aromatic rings. The van der Waals surface area contributed by atoms with E-state index in [0.717, 1.165) is 47.3 Å². The summed E-state index contributed by atoms with van der Waals surface area (Å²) in [6.45, 7) is 7.90. The predicted octanol–water partition coefficient (Wildman–Crippen LogP) is 1.99. The van der Waals surface area contributed by atoms with E-state index in [0.29, 0.717) is 5.57 Å². The predicted molar refractivity (Wildman–Crippen MR) is 141 cm³/mol. The summed E-state index contributed by atoms with van der Waals surface area (Å²) in [6, 6.07) is 0. The molecule has 0 amide bonds. The Morgan fingerprint density at radius 2 is 1.36 bits per heavy atom. The van der Waals surface area contributed by atoms with Gasteiger partial charge in [0.25, 0.3) is 0 Å². The molecular formula is C27H39NO14. The van der Waals surface area contributed by atoms with E-state index in [2.05, 4.69) is 0 Å². The van der Waals surface area contributed by atoms with E-state index in [1.165, 1.54) is 0 Å². The van der Waals surface area contributed by atoms with E-state index in [-0.39, 0.29) is 25.7 Å². The number of methoxy groups -OCH3 is 1. The molecule has 0 saturated carbocycles. The van der Waals surface area contributed by atoms with Gasteiger partial charge in [0.1, 0.15) is 6.61 Å². The summed E-state index contributed by atoms with van der Waals surface area (Å²) in [5.41, 5.74) is -0.554. The van der Waals surface area contributed by atoms with Gasteiger partial charge in [-0.1, -0.05) is 11.1 Å². The maximum Gasteiger partial charge on any atom is 0.305 e. The van der Waals surface area contributed by atoms with Gasteiger partial charge < -0.3 is 28.4 Å². The van der Waals surface area contributed by atoms with Gasteiger partial charge in [-0.05, 0) is 20.3 Å². The first-order valence-electron chi connectivity index (χ1n) is 13.1. The summed E-state index contributed by atoms with van der Waals surface area (Å²) >= 11 is 0. The second-order valence-corrected chi connectivity index (χ2v) is 10.2. The first kappa shape index (κ1) is 36.0. The fourth-order valence-electron chi connectivity index (χ4n) is 5.08. The summed E-state index contributed by atoms with van der Waals surface area (Å²) < 4.78 is 31.5. The zero-order chi connectivity index (χ0) is 32.4. The second-order valence-electron chi connectivity index (χ2n) is 10.2. The molecule has 0 aromatic heterocycles. The van der Waals surface area contributed by atoms with Gasteiger partial charge in [-0.25, -0.2) is 0 Å². The lowest BCUT2D eigenvalue weighted by Gasteiger charge is -2.44. The minimum Gasteiger partial charge on any atom is -0.469 e. The van der Waals surface area contributed by atoms with Crippen molar-refractivity contribution in [1.82, 2.24) is 0 Å². The van der Waals surface area contributed by atoms with Crippen molar-refractivity contribution in [2.75, 3.05) is 13.7 Å². The molecule has 0 radical (unpaired) electrons. The highest BCUT2D eigenvalue weighted by molar-refractivity contribution is 5.70. The number of hydrogen-bond acceptors (Lipinski definition) is 14. The molecule has 0 aliphatic heterocycles. The van der Waals surface area contributed by atoms with Crippen molar-refractivity contribution in [1.29, 1.82) is 0 Å². The van der Waals surface area contributed by atoms with E-state index < -0.39 is 83.2 Å². The van der Waals surface area contributed by atoms with Crippen LogP contribution >= 0.6 is 0 Å². The molecule has 1 aliphatic rings. The monoisotopic (exact) mass is 601 g/mol. The van der Waals surface area contributed by atoms with Crippen LogP contribution in [0.25, 0.3) is 0 Å². The van der Waals surface area contributed by atoms with Gasteiger partial charge in [0.15, 0.2) is 24.4 Å². The molecule has 15 heteroatoms. The van der Waals surface area contributed by atoms with Crippen LogP contribution in [0.5, 0.6) is 0 Å². The quantitative estimate of drug-likeness (QED) is 0.0919. The van der Waals surface area contributed by atoms with E-state index >= 15 is 0 Å². The Hall–Kier alpha value is -4.04. The van der Waals surface area contributed by atoms with Crippen LogP contribution in [0.3, 0.4) is 0 Å². The Balaban J connectivity index is 3.99. The van der Waals surface area contributed by atoms with Gasteiger partial charge >= 0.3 is 35.8 Å². The lowest BCUT2D eigenvalue weighted by atomic mass is 9.65. The summed E-state index contributed by atoms with van der Waals surface area (Å²) in [5.74, 6) is -6.46. The topological polar surface area (TPSA) is 201 Å². The second kappa shape index (κ2) is 15.8. The summed E-state index contributed by atoms with van der Waals surface area (Å²) in [4.78, 5) is 85.1. The molecule has 0 aromatic carbocycles. The molecule has 0 N–H and O–H groups in total. The molecule has 0 bridgehead atoms. The maximum atomic E-state index is 12.8. The third-order valence-corrected chi connectivity index (χ3v) is 6.95. The van der Waals surface area contributed by atoms with Crippen molar-refractivity contribution in [2.45, 2.75) is 104 Å². The fourth-order valence-corrected chi connectivity index (χ4v) is 5.08. The Morgan fingerprint density at radius 3 is 1.81 bits per heavy atom. The van der Waals surface area contributed by atoms with E-state index in [1.54, 1.807) is 13.8 Å². The van der Waals surface area contributed by atoms with Gasteiger partial charge in [-0.3, -0.25) is 38.9 Å². The average Bonchev–Trinajstić information content (AvgIpc) is 2.86. The van der Waals surface area contributed by atoms with Crippen LogP contribution in [0.2, 0.25) is 0 Å². The number of esters is 6. The number of nitro groups is 1. The zero-order valence-corrected chi connectivity index (χ0v) is 25.1. The van der Waals surface area contributed by atoms with Crippen LogP contribution in [0, 0.1) is 16.0 Å². The molecule has 236 valence electrons. The third-order valence-electron chi connectivity index (χ3n) is 6.95. The van der Waals surface area contributed by atoms with E-state index in [4.69, 9.17) is 28.4 Å². The molecule has 1 aliphatic carbocycles. The largest absolute Gasteiger partial charge is 0.469 e. The van der Waals surface area contributed by atoms with Crippen LogP contribution in [0.1, 0.15) is 74.1 Å². The Labute approximate surface area is 243 Å². The Kier molecular flexibility index (Phi) is 13.6. The number of carbonyl (C=O) groups excluding carboxylic acids is 6. The summed E-state index contributed by atoms with van der Waals surface area (Å²) in [6.07, 6.45) is -7.69. The lowest BCUT2D eigenvalue weighted by molar-refractivity contribution is -0.586. The summed E-state index contributed by atoms with van der Waals surface area (Å²) in [5, 5.41) is 12.8. The Bertz CT molecular complexity index is 1100. The van der Waals surface area contributed by atoms with Crippen LogP contribution in [-0.4, -0.2) is 84.4 Å². The smallest absolute Gasteiger partial charge is 0.305 e. The van der Waals surface area contributed by atoms with Gasteiger partial charge in [0.2, 0.25) is 5.54 Å². The normalized spacial score (nSPS) is 21.1. The molecule has 1 rings (SSSR count). The Morgan fingerprint density at radius 1 is 0.833 bits per heavy atom. The van der Waals surface area contributed by atoms with Crippen molar-refractivity contribution in [3.05, 3.63) is 21.3 Å². The van der Waals surface area contributed by atoms with Crippen LogP contribution in [-0.2, 0) is 57.2 Å². The van der Waals surface area contributed by atoms with Gasteiger partial charge in [-0.2, -0.15) is 0 Å². The van der Waals surface area contributed by atoms with Crippen LogP contribution in [0.4, 0.5) is 0 Å². The minimum atomic E-state index is -1.94. The van der Waals surface area contributed by atoms with Crippen molar-refractivity contribution < 1.29 is 62.1 Å². The van der Waals surface area contributed by atoms with Crippen LogP contribution < -0.4 is 0 Å². The van der Waals surface area contributed by atoms with E-state index in [1.807, 2.05) is 0 Å². The molecule has 0 fully saturated rings. The average molecular weight is 602 g/mol. The number of rotatable bonds is 14. The van der Waals surface area contributed by atoms with Crippen molar-refractivity contribution in [2.24, 2.45) is 5.92 Å². The number of nitrogens with zero attached hydrogens (tertiary/aromatic N) is 1. The highest BCUT2D eigenvalue weighted by atomic mass is 16.6. The van der Waals surface area contributed by atoms with Crippen molar-refractivity contribution in [3.8, 4) is 0 Å². The number of carbonyl (C=O) groups is 6. The molecule has 0 heterocycles. The van der Waals surface area contributed by atoms with Crippen molar-refractivity contribution >= 4 is 35.8 Å². The first-order chi connectivity index (χ1) is 19.4. The molecule has 0 unspecified atom stereocenters. The minimum absolute atomic E-state index is 0.0430. The summed E-state index contributed by atoms with van der Waals surface area (Å²) in [7, 11) is 1.13. The maximum absolute atomic E-state index is 12.8. The SMILES string of the molecule is COC(=O)CC[C@@]1([N+](=O)[O-])CC(C)=C(C)C[C@@H]1[C@H](OC(C)=O)[C@@H](OC(C)=O)[C@@H](OC(C)=O)[C@@H](COC(C)=O)OC(C)=O. The first-order valence-corrected chi connectivity index (χ1v) is 13.1. The standard InChI is InChI=1S/C27H39NO14/c1-14-11-21(27(28(35)36,12-15(14)2)10-9-23(34)37-8)24(40-18(5)31)26(42-20(7)33)25(41-19(6)32)22(39-17(4)30)13-38-16(3)29/h21-22,24-26H,9-13H2,1-8H3/t21-,22-,24+,25+,26-,27-/m1/s1. The number of allylic oxidation sites excluding steroid dienone is 1. The van der Waals surface area contributed by atoms with Gasteiger partial charge in [0, 0.05) is 52.4 Å². The molecule has 0 spiro atoms. The molecule has 42 heavy (non-hydrogen) atoms. The number of ether oxygens (including phenoxy) is 6. The van der Waals surface area contributed by atoms with Gasteiger partial charge in [-0.15, -0.1) is 0 Å². The molecule has 6 atom stereocenters. The van der Waals surface area contributed by atoms with Gasteiger partial charge in [0.05, 0.1) is 19.4 Å². The number of hydrogen-bond donors (Lipinski definition) is 0. The van der Waals surface area contributed by atoms with E-state index in [9.17, 15) is 38.9 Å². The third kappa shape index (κ3) is 10.1. The molecule has 15 nitrogen and oxygen atoms in total. The highest BCUT2D eigenvalue weighted by Crippen LogP contribution is 2.46. The molecule has 0 saturated heterocycles. The fraction of sp³-hybridized carbons (Fsp3) is 0.704. The highest BCUT2D eigenvalue weighted by Gasteiger charge is 2.60. The molecular weight excluding hydrogens is 562 g/mol. The van der Waals surface area contributed by atoms with Crippen molar-refractivity contribution in [3.63, 3.8) is 0 Å². The zero-order valence-electron chi connectivity index (χ0n) is 25.1. The van der Waals surface area contributed by atoms with Crippen LogP contribution in [0.15, 0.2) is 11.1 Å².